The van der Waals surface area contributed by atoms with Crippen LogP contribution < -0.4 is 0 Å². The zero-order valence-corrected chi connectivity index (χ0v) is 7.00. The van der Waals surface area contributed by atoms with Gasteiger partial charge in [-0.05, 0) is 13.3 Å². The predicted molar refractivity (Wildman–Crippen MR) is 40.2 cm³/mol. The van der Waals surface area contributed by atoms with Gasteiger partial charge in [0.25, 0.3) is 0 Å². The molecule has 3 nitrogen and oxygen atoms in total. The van der Waals surface area contributed by atoms with E-state index in [1.165, 1.54) is 0 Å². The standard InChI is InChI=1S/C8H14O3/c1-3-6-7(11-6)5-8(9)10-4-2/h6-7H,3-5H2,1-2H3. The van der Waals surface area contributed by atoms with Crippen molar-refractivity contribution in [3.05, 3.63) is 0 Å². The van der Waals surface area contributed by atoms with Crippen LogP contribution in [0.5, 0.6) is 0 Å². The second-order valence-corrected chi connectivity index (χ2v) is 2.63. The third-order valence-corrected chi connectivity index (χ3v) is 1.76. The summed E-state index contributed by atoms with van der Waals surface area (Å²) in [6.07, 6.45) is 1.86. The molecule has 1 fully saturated rings. The van der Waals surface area contributed by atoms with Crippen molar-refractivity contribution in [2.45, 2.75) is 38.9 Å². The van der Waals surface area contributed by atoms with E-state index in [1.807, 2.05) is 6.92 Å². The highest BCUT2D eigenvalue weighted by molar-refractivity contribution is 5.70. The van der Waals surface area contributed by atoms with Gasteiger partial charge in [0.05, 0.1) is 25.2 Å². The van der Waals surface area contributed by atoms with E-state index in [-0.39, 0.29) is 12.1 Å². The molecular formula is C8H14O3. The van der Waals surface area contributed by atoms with Gasteiger partial charge < -0.3 is 9.47 Å². The monoisotopic (exact) mass is 158 g/mol. The number of carbonyl (C=O) groups excluding carboxylic acids is 1. The normalized spacial score (nSPS) is 28.2. The molecule has 0 aromatic heterocycles. The van der Waals surface area contributed by atoms with Crippen LogP contribution in [0.1, 0.15) is 26.7 Å². The Morgan fingerprint density at radius 2 is 2.18 bits per heavy atom. The number of ether oxygens (including phenoxy) is 2. The number of hydrogen-bond donors (Lipinski definition) is 0. The number of carbonyl (C=O) groups is 1. The van der Waals surface area contributed by atoms with Crippen LogP contribution in [0.15, 0.2) is 0 Å². The maximum atomic E-state index is 10.9. The molecule has 0 radical (unpaired) electrons. The summed E-state index contributed by atoms with van der Waals surface area (Å²) in [4.78, 5) is 10.9. The van der Waals surface area contributed by atoms with Crippen LogP contribution in [0.25, 0.3) is 0 Å². The molecule has 3 heteroatoms. The lowest BCUT2D eigenvalue weighted by Crippen LogP contribution is -2.08. The first-order valence-electron chi connectivity index (χ1n) is 4.09. The summed E-state index contributed by atoms with van der Waals surface area (Å²) in [5.74, 6) is -0.145. The average Bonchev–Trinajstić information content (AvgIpc) is 2.68. The van der Waals surface area contributed by atoms with Gasteiger partial charge in [-0.15, -0.1) is 0 Å². The molecule has 1 saturated heterocycles. The quantitative estimate of drug-likeness (QED) is 0.454. The zero-order chi connectivity index (χ0) is 8.27. The molecule has 0 amide bonds. The molecule has 1 aliphatic heterocycles. The highest BCUT2D eigenvalue weighted by Gasteiger charge is 2.38. The Bertz CT molecular complexity index is 144. The van der Waals surface area contributed by atoms with Gasteiger partial charge in [-0.25, -0.2) is 0 Å². The van der Waals surface area contributed by atoms with E-state index in [9.17, 15) is 4.79 Å². The molecule has 11 heavy (non-hydrogen) atoms. The van der Waals surface area contributed by atoms with E-state index >= 15 is 0 Å². The first-order valence-corrected chi connectivity index (χ1v) is 4.09. The minimum atomic E-state index is -0.145. The lowest BCUT2D eigenvalue weighted by molar-refractivity contribution is -0.143. The molecule has 0 aromatic carbocycles. The van der Waals surface area contributed by atoms with E-state index in [4.69, 9.17) is 9.47 Å². The summed E-state index contributed by atoms with van der Waals surface area (Å²) in [5, 5.41) is 0. The number of hydrogen-bond acceptors (Lipinski definition) is 3. The van der Waals surface area contributed by atoms with Crippen LogP contribution in [0, 0.1) is 0 Å². The smallest absolute Gasteiger partial charge is 0.308 e. The summed E-state index contributed by atoms with van der Waals surface area (Å²) in [7, 11) is 0. The topological polar surface area (TPSA) is 38.8 Å². The largest absolute Gasteiger partial charge is 0.466 e. The van der Waals surface area contributed by atoms with Crippen LogP contribution in [-0.4, -0.2) is 24.8 Å². The van der Waals surface area contributed by atoms with Crippen LogP contribution in [0.3, 0.4) is 0 Å². The van der Waals surface area contributed by atoms with Crippen LogP contribution >= 0.6 is 0 Å². The molecule has 1 aliphatic rings. The molecule has 1 rings (SSSR count). The van der Waals surface area contributed by atoms with Crippen LogP contribution in [-0.2, 0) is 14.3 Å². The third-order valence-electron chi connectivity index (χ3n) is 1.76. The second-order valence-electron chi connectivity index (χ2n) is 2.63. The average molecular weight is 158 g/mol. The van der Waals surface area contributed by atoms with Gasteiger partial charge >= 0.3 is 5.97 Å². The molecule has 2 atom stereocenters. The maximum Gasteiger partial charge on any atom is 0.308 e. The molecule has 0 aromatic rings. The molecule has 2 unspecified atom stereocenters. The summed E-state index contributed by atoms with van der Waals surface area (Å²) in [5.41, 5.74) is 0. The fourth-order valence-electron chi connectivity index (χ4n) is 1.10. The summed E-state index contributed by atoms with van der Waals surface area (Å²) >= 11 is 0. The van der Waals surface area contributed by atoms with Gasteiger partial charge in [0.15, 0.2) is 0 Å². The van der Waals surface area contributed by atoms with E-state index in [0.717, 1.165) is 6.42 Å². The third kappa shape index (κ3) is 2.50. The number of esters is 1. The molecular weight excluding hydrogens is 144 g/mol. The zero-order valence-electron chi connectivity index (χ0n) is 7.00. The van der Waals surface area contributed by atoms with Gasteiger partial charge in [0, 0.05) is 0 Å². The van der Waals surface area contributed by atoms with Crippen molar-refractivity contribution in [3.8, 4) is 0 Å². The molecule has 1 heterocycles. The minimum absolute atomic E-state index is 0.138. The molecule has 0 saturated carbocycles. The Hall–Kier alpha value is -0.570. The van der Waals surface area contributed by atoms with Crippen molar-refractivity contribution in [3.63, 3.8) is 0 Å². The van der Waals surface area contributed by atoms with Gasteiger partial charge in [0.1, 0.15) is 0 Å². The van der Waals surface area contributed by atoms with Crippen molar-refractivity contribution in [1.82, 2.24) is 0 Å². The van der Waals surface area contributed by atoms with E-state index in [0.29, 0.717) is 19.1 Å². The van der Waals surface area contributed by atoms with Crippen molar-refractivity contribution in [2.24, 2.45) is 0 Å². The second kappa shape index (κ2) is 3.72. The summed E-state index contributed by atoms with van der Waals surface area (Å²) in [6, 6.07) is 0. The van der Waals surface area contributed by atoms with E-state index < -0.39 is 0 Å². The molecule has 0 aliphatic carbocycles. The summed E-state index contributed by atoms with van der Waals surface area (Å²) in [6.45, 7) is 4.32. The SMILES string of the molecule is CCOC(=O)CC1OC1CC. The van der Waals surface area contributed by atoms with Gasteiger partial charge in [0.2, 0.25) is 0 Å². The maximum absolute atomic E-state index is 10.9. The Morgan fingerprint density at radius 3 is 2.64 bits per heavy atom. The fourth-order valence-corrected chi connectivity index (χ4v) is 1.10. The number of epoxide rings is 1. The molecule has 0 N–H and O–H groups in total. The van der Waals surface area contributed by atoms with Crippen LogP contribution in [0.4, 0.5) is 0 Å². The first kappa shape index (κ1) is 8.53. The van der Waals surface area contributed by atoms with E-state index in [2.05, 4.69) is 6.92 Å². The van der Waals surface area contributed by atoms with Gasteiger partial charge in [-0.2, -0.15) is 0 Å². The van der Waals surface area contributed by atoms with Crippen molar-refractivity contribution < 1.29 is 14.3 Å². The van der Waals surface area contributed by atoms with Crippen molar-refractivity contribution >= 4 is 5.97 Å². The highest BCUT2D eigenvalue weighted by atomic mass is 16.6. The molecule has 0 bridgehead atoms. The lowest BCUT2D eigenvalue weighted by atomic mass is 10.2. The Morgan fingerprint density at radius 1 is 1.45 bits per heavy atom. The van der Waals surface area contributed by atoms with Gasteiger partial charge in [-0.1, -0.05) is 6.92 Å². The molecule has 0 spiro atoms. The fraction of sp³-hybridized carbons (Fsp3) is 0.875. The van der Waals surface area contributed by atoms with Crippen molar-refractivity contribution in [2.75, 3.05) is 6.61 Å². The Kier molecular flexibility index (Phi) is 2.88. The lowest BCUT2D eigenvalue weighted by Gasteiger charge is -1.97. The molecule has 64 valence electrons. The highest BCUT2D eigenvalue weighted by Crippen LogP contribution is 2.27. The van der Waals surface area contributed by atoms with Gasteiger partial charge in [-0.3, -0.25) is 4.79 Å². The predicted octanol–water partition coefficient (Wildman–Crippen LogP) is 1.12. The number of rotatable bonds is 4. The first-order chi connectivity index (χ1) is 5.27. The Labute approximate surface area is 66.7 Å². The minimum Gasteiger partial charge on any atom is -0.466 e. The van der Waals surface area contributed by atoms with E-state index in [1.54, 1.807) is 0 Å². The van der Waals surface area contributed by atoms with Crippen LogP contribution in [0.2, 0.25) is 0 Å². The van der Waals surface area contributed by atoms with Crippen molar-refractivity contribution in [1.29, 1.82) is 0 Å². The Balaban J connectivity index is 2.08. The summed E-state index contributed by atoms with van der Waals surface area (Å²) < 4.78 is 9.95.